The van der Waals surface area contributed by atoms with Crippen LogP contribution in [0.1, 0.15) is 0 Å². The minimum absolute atomic E-state index is 0. The second-order valence-corrected chi connectivity index (χ2v) is 0. The van der Waals surface area contributed by atoms with Gasteiger partial charge < -0.3 is 0 Å². The Hall–Kier alpha value is 3.67. The van der Waals surface area contributed by atoms with E-state index in [0.717, 1.165) is 0 Å². The maximum atomic E-state index is 0. The van der Waals surface area contributed by atoms with Gasteiger partial charge >= 0.3 is 69.5 Å². The first-order valence-electron chi connectivity index (χ1n) is 0. The van der Waals surface area contributed by atoms with E-state index in [-0.39, 0.29) is 111 Å². The van der Waals surface area contributed by atoms with Crippen molar-refractivity contribution in [3.05, 3.63) is 0 Å². The molecule has 0 spiro atoms. The van der Waals surface area contributed by atoms with E-state index in [9.17, 15) is 0 Å². The van der Waals surface area contributed by atoms with Gasteiger partial charge in [-0.25, -0.2) is 0 Å². The van der Waals surface area contributed by atoms with Gasteiger partial charge in [0.05, 0.1) is 0 Å². The summed E-state index contributed by atoms with van der Waals surface area (Å²) in [5, 5.41) is 0. The zero-order valence-electron chi connectivity index (χ0n) is 1.72. The first-order valence-corrected chi connectivity index (χ1v) is 0. The molecule has 0 heterocycles. The molecule has 0 bridgehead atoms. The second kappa shape index (κ2) is 25.3. The summed E-state index contributed by atoms with van der Waals surface area (Å²) in [5.74, 6) is 0. The Morgan fingerprint density at radius 2 is 1.00 bits per heavy atom. The van der Waals surface area contributed by atoms with Crippen molar-refractivity contribution in [2.75, 3.05) is 0 Å². The van der Waals surface area contributed by atoms with Gasteiger partial charge in [-0.15, -0.1) is 0 Å². The molecular formula is H8AgGaInSnZn. The standard InChI is InChI=1S/Ag.Ga.In.Sn.Zn.8H. The number of hydrogen-bond donors (Lipinski definition) is 0. The molecule has 0 aromatic heterocycles. The molecule has 0 N–H and O–H groups in total. The Morgan fingerprint density at radius 3 is 1.00 bits per heavy atom. The summed E-state index contributed by atoms with van der Waals surface area (Å²) in [6, 6.07) is 0. The fourth-order valence-corrected chi connectivity index (χ4v) is 0. The normalized spacial score (nSPS) is 0. The molecular weight excluding hydrogens is 477 g/mol. The first kappa shape index (κ1) is 37.9. The van der Waals surface area contributed by atoms with Crippen LogP contribution >= 0.6 is 0 Å². The summed E-state index contributed by atoms with van der Waals surface area (Å²) < 4.78 is 0. The zero-order valence-corrected chi connectivity index (χ0v) is 10.2. The van der Waals surface area contributed by atoms with Crippen LogP contribution in [0.4, 0.5) is 0 Å². The average molecular weight is 485 g/mol. The summed E-state index contributed by atoms with van der Waals surface area (Å²) in [7, 11) is 0. The molecule has 3 radical (unpaired) electrons. The first-order chi connectivity index (χ1) is 0. The van der Waals surface area contributed by atoms with Gasteiger partial charge in [0.15, 0.2) is 0 Å². The van der Waals surface area contributed by atoms with E-state index in [0.29, 0.717) is 0 Å². The van der Waals surface area contributed by atoms with E-state index in [1.165, 1.54) is 0 Å². The Bertz CT molecular complexity index is 11.6. The average Bonchev–Trinajstić information content (AvgIpc) is 0. The third-order valence-corrected chi connectivity index (χ3v) is 0. The number of rotatable bonds is 0. The van der Waals surface area contributed by atoms with Gasteiger partial charge in [-0.05, 0) is 0 Å². The molecule has 0 amide bonds. The van der Waals surface area contributed by atoms with Crippen LogP contribution in [0.15, 0.2) is 0 Å². The summed E-state index contributed by atoms with van der Waals surface area (Å²) in [6.45, 7) is 0. The quantitative estimate of drug-likeness (QED) is 0.317. The third-order valence-electron chi connectivity index (χ3n) is 0. The van der Waals surface area contributed by atoms with Crippen LogP contribution in [-0.4, -0.2) is 69.5 Å². The molecule has 0 saturated heterocycles. The predicted octanol–water partition coefficient (Wildman–Crippen LogP) is -3.29. The van der Waals surface area contributed by atoms with Crippen LogP contribution in [0, 0.1) is 0 Å². The minimum atomic E-state index is 0. The van der Waals surface area contributed by atoms with E-state index in [2.05, 4.69) is 0 Å². The van der Waals surface area contributed by atoms with Crippen molar-refractivity contribution in [1.82, 2.24) is 0 Å². The smallest absolute Gasteiger partial charge is 0 e. The molecule has 0 aliphatic carbocycles. The van der Waals surface area contributed by atoms with Crippen molar-refractivity contribution >= 4 is 69.5 Å². The molecule has 0 unspecified atom stereocenters. The molecule has 0 saturated carbocycles. The molecule has 0 aliphatic heterocycles. The van der Waals surface area contributed by atoms with Crippen molar-refractivity contribution < 1.29 is 41.9 Å². The third kappa shape index (κ3) is 18.3. The summed E-state index contributed by atoms with van der Waals surface area (Å²) in [6.07, 6.45) is 0. The van der Waals surface area contributed by atoms with E-state index in [1.807, 2.05) is 0 Å². The van der Waals surface area contributed by atoms with Gasteiger partial charge in [0, 0.05) is 41.9 Å². The molecule has 0 aliphatic rings. The second-order valence-electron chi connectivity index (χ2n) is 0. The Balaban J connectivity index is 0. The van der Waals surface area contributed by atoms with Crippen LogP contribution in [0.25, 0.3) is 0 Å². The van der Waals surface area contributed by atoms with E-state index in [1.54, 1.807) is 0 Å². The largest absolute Gasteiger partial charge is 0 e. The van der Waals surface area contributed by atoms with Crippen molar-refractivity contribution in [2.45, 2.75) is 0 Å². The van der Waals surface area contributed by atoms with Gasteiger partial charge in [-0.1, -0.05) is 0 Å². The summed E-state index contributed by atoms with van der Waals surface area (Å²) in [4.78, 5) is 0. The zero-order chi connectivity index (χ0) is 0. The predicted molar refractivity (Wildman–Crippen MR) is 28.4 cm³/mol. The number of hydrogen-bond acceptors (Lipinski definition) is 0. The van der Waals surface area contributed by atoms with E-state index >= 15 is 0 Å². The topological polar surface area (TPSA) is 0 Å². The van der Waals surface area contributed by atoms with Crippen molar-refractivity contribution in [1.29, 1.82) is 0 Å². The van der Waals surface area contributed by atoms with Crippen LogP contribution in [-0.2, 0) is 41.9 Å². The Kier molecular flexibility index (Phi) is 192. The monoisotopic (exact) mass is 483 g/mol. The summed E-state index contributed by atoms with van der Waals surface area (Å²) in [5.41, 5.74) is 0. The maximum Gasteiger partial charge on any atom is 0 e. The Labute approximate surface area is 109 Å². The molecule has 5 heavy (non-hydrogen) atoms. The van der Waals surface area contributed by atoms with Crippen molar-refractivity contribution in [2.24, 2.45) is 0 Å². The molecule has 0 aromatic carbocycles. The maximum absolute atomic E-state index is 0. The molecule has 5 heteroatoms. The van der Waals surface area contributed by atoms with Gasteiger partial charge in [0.25, 0.3) is 0 Å². The summed E-state index contributed by atoms with van der Waals surface area (Å²) >= 11 is 0. The van der Waals surface area contributed by atoms with E-state index < -0.39 is 0 Å². The van der Waals surface area contributed by atoms with Gasteiger partial charge in [-0.2, -0.15) is 0 Å². The molecule has 0 aromatic rings. The minimum Gasteiger partial charge on any atom is 0 e. The Morgan fingerprint density at radius 1 is 1.00 bits per heavy atom. The van der Waals surface area contributed by atoms with E-state index in [4.69, 9.17) is 0 Å². The van der Waals surface area contributed by atoms with Crippen LogP contribution < -0.4 is 0 Å². The fraction of sp³-hybridized carbons (Fsp3) is 0. The van der Waals surface area contributed by atoms with Gasteiger partial charge in [0.2, 0.25) is 0 Å². The molecule has 0 fully saturated rings. The SMILES string of the molecule is [Ag].[GaH3].[InH3].[SnH2].[Zn]. The van der Waals surface area contributed by atoms with Gasteiger partial charge in [-0.3, -0.25) is 0 Å². The molecule has 0 atom stereocenters. The van der Waals surface area contributed by atoms with Gasteiger partial charge in [0.1, 0.15) is 0 Å². The molecule has 31 valence electrons. The molecule has 0 nitrogen and oxygen atoms in total. The van der Waals surface area contributed by atoms with Crippen molar-refractivity contribution in [3.8, 4) is 0 Å². The van der Waals surface area contributed by atoms with Crippen LogP contribution in [0.5, 0.6) is 0 Å². The molecule has 0 rings (SSSR count). The van der Waals surface area contributed by atoms with Crippen LogP contribution in [0.3, 0.4) is 0 Å². The fourth-order valence-electron chi connectivity index (χ4n) is 0. The van der Waals surface area contributed by atoms with Crippen LogP contribution in [0.2, 0.25) is 0 Å². The van der Waals surface area contributed by atoms with Crippen molar-refractivity contribution in [3.63, 3.8) is 0 Å².